The fourth-order valence-corrected chi connectivity index (χ4v) is 4.17. The third-order valence-electron chi connectivity index (χ3n) is 4.94. The lowest BCUT2D eigenvalue weighted by atomic mass is 9.98. The zero-order valence-electron chi connectivity index (χ0n) is 14.7. The van der Waals surface area contributed by atoms with Gasteiger partial charge in [0.25, 0.3) is 0 Å². The number of carbonyl (C=O) groups is 3. The van der Waals surface area contributed by atoms with E-state index in [0.29, 0.717) is 36.8 Å². The zero-order chi connectivity index (χ0) is 18.8. The SMILES string of the molecule is O=C1CCC(C(=O)Nc2nc(CC(=O)N3CCc4ccccc43)cs2)CN1. The van der Waals surface area contributed by atoms with Gasteiger partial charge in [-0.25, -0.2) is 4.98 Å². The van der Waals surface area contributed by atoms with Crippen LogP contribution < -0.4 is 15.5 Å². The molecule has 7 nitrogen and oxygen atoms in total. The van der Waals surface area contributed by atoms with Gasteiger partial charge in [0.1, 0.15) is 0 Å². The van der Waals surface area contributed by atoms with Crippen LogP contribution in [0, 0.1) is 5.92 Å². The fourth-order valence-electron chi connectivity index (χ4n) is 3.46. The highest BCUT2D eigenvalue weighted by molar-refractivity contribution is 7.13. The van der Waals surface area contributed by atoms with Crippen LogP contribution in [0.2, 0.25) is 0 Å². The predicted molar refractivity (Wildman–Crippen MR) is 103 cm³/mol. The van der Waals surface area contributed by atoms with Crippen molar-refractivity contribution in [3.8, 4) is 0 Å². The molecular formula is C19H20N4O3S. The minimum Gasteiger partial charge on any atom is -0.355 e. The Kier molecular flexibility index (Phi) is 4.89. The molecule has 4 rings (SSSR count). The summed E-state index contributed by atoms with van der Waals surface area (Å²) < 4.78 is 0. The molecule has 3 heterocycles. The Hall–Kier alpha value is -2.74. The summed E-state index contributed by atoms with van der Waals surface area (Å²) in [5, 5.41) is 7.79. The van der Waals surface area contributed by atoms with Crippen molar-refractivity contribution in [2.45, 2.75) is 25.7 Å². The number of nitrogens with one attached hydrogen (secondary N) is 2. The van der Waals surface area contributed by atoms with Gasteiger partial charge in [-0.1, -0.05) is 18.2 Å². The van der Waals surface area contributed by atoms with Gasteiger partial charge in [0, 0.05) is 30.6 Å². The summed E-state index contributed by atoms with van der Waals surface area (Å²) >= 11 is 1.31. The molecule has 1 unspecified atom stereocenters. The van der Waals surface area contributed by atoms with Gasteiger partial charge in [0.2, 0.25) is 17.7 Å². The van der Waals surface area contributed by atoms with Gasteiger partial charge >= 0.3 is 0 Å². The van der Waals surface area contributed by atoms with Crippen LogP contribution in [-0.2, 0) is 27.2 Å². The molecule has 8 heteroatoms. The lowest BCUT2D eigenvalue weighted by molar-refractivity contribution is -0.126. The second-order valence-electron chi connectivity index (χ2n) is 6.77. The van der Waals surface area contributed by atoms with E-state index in [2.05, 4.69) is 15.6 Å². The summed E-state index contributed by atoms with van der Waals surface area (Å²) in [6.45, 7) is 1.05. The van der Waals surface area contributed by atoms with Crippen molar-refractivity contribution >= 4 is 39.9 Å². The first-order valence-corrected chi connectivity index (χ1v) is 9.88. The minimum atomic E-state index is -0.238. The maximum Gasteiger partial charge on any atom is 0.233 e. The van der Waals surface area contributed by atoms with E-state index in [0.717, 1.165) is 12.1 Å². The normalized spacial score (nSPS) is 18.7. The number of piperidine rings is 1. The molecule has 2 aliphatic rings. The molecule has 27 heavy (non-hydrogen) atoms. The maximum atomic E-state index is 12.7. The molecule has 140 valence electrons. The lowest BCUT2D eigenvalue weighted by Gasteiger charge is -2.20. The van der Waals surface area contributed by atoms with Crippen molar-refractivity contribution in [2.75, 3.05) is 23.3 Å². The van der Waals surface area contributed by atoms with E-state index in [-0.39, 0.29) is 30.1 Å². The summed E-state index contributed by atoms with van der Waals surface area (Å²) in [6, 6.07) is 7.94. The Morgan fingerprint density at radius 1 is 1.30 bits per heavy atom. The number of fused-ring (bicyclic) bond motifs is 1. The average molecular weight is 384 g/mol. The standard InChI is InChI=1S/C19H20N4O3S/c24-16-6-5-13(10-20-16)18(26)22-19-21-14(11-27-19)9-17(25)23-8-7-12-3-1-2-4-15(12)23/h1-4,11,13H,5-10H2,(H,20,24)(H,21,22,26). The number of hydrogen-bond acceptors (Lipinski definition) is 5. The van der Waals surface area contributed by atoms with Crippen molar-refractivity contribution in [3.05, 3.63) is 40.9 Å². The second-order valence-corrected chi connectivity index (χ2v) is 7.63. The van der Waals surface area contributed by atoms with Crippen LogP contribution in [0.1, 0.15) is 24.1 Å². The predicted octanol–water partition coefficient (Wildman–Crippen LogP) is 1.74. The molecule has 1 aromatic heterocycles. The van der Waals surface area contributed by atoms with E-state index in [1.54, 1.807) is 10.3 Å². The van der Waals surface area contributed by atoms with Crippen molar-refractivity contribution in [1.82, 2.24) is 10.3 Å². The van der Waals surface area contributed by atoms with E-state index < -0.39 is 0 Å². The van der Waals surface area contributed by atoms with Crippen LogP contribution in [0.5, 0.6) is 0 Å². The molecule has 0 bridgehead atoms. The number of benzene rings is 1. The van der Waals surface area contributed by atoms with Crippen LogP contribution in [0.15, 0.2) is 29.6 Å². The number of hydrogen-bond donors (Lipinski definition) is 2. The molecule has 1 atom stereocenters. The molecule has 2 aromatic rings. The van der Waals surface area contributed by atoms with E-state index in [4.69, 9.17) is 0 Å². The summed E-state index contributed by atoms with van der Waals surface area (Å²) in [7, 11) is 0. The molecule has 2 aliphatic heterocycles. The van der Waals surface area contributed by atoms with Crippen LogP contribution >= 0.6 is 11.3 Å². The van der Waals surface area contributed by atoms with Crippen LogP contribution in [0.4, 0.5) is 10.8 Å². The fraction of sp³-hybridized carbons (Fsp3) is 0.368. The number of nitrogens with zero attached hydrogens (tertiary/aromatic N) is 2. The highest BCUT2D eigenvalue weighted by Gasteiger charge is 2.26. The smallest absolute Gasteiger partial charge is 0.233 e. The summed E-state index contributed by atoms with van der Waals surface area (Å²) in [4.78, 5) is 42.3. The quantitative estimate of drug-likeness (QED) is 0.840. The first-order valence-electron chi connectivity index (χ1n) is 9.00. The molecule has 0 saturated carbocycles. The summed E-state index contributed by atoms with van der Waals surface area (Å²) in [5.74, 6) is -0.385. The van der Waals surface area contributed by atoms with Gasteiger partial charge in [-0.2, -0.15) is 0 Å². The highest BCUT2D eigenvalue weighted by atomic mass is 32.1. The third kappa shape index (κ3) is 3.85. The van der Waals surface area contributed by atoms with Crippen molar-refractivity contribution < 1.29 is 14.4 Å². The van der Waals surface area contributed by atoms with E-state index in [1.807, 2.05) is 24.3 Å². The molecule has 0 spiro atoms. The Labute approximate surface area is 160 Å². The van der Waals surface area contributed by atoms with Crippen LogP contribution in [0.3, 0.4) is 0 Å². The highest BCUT2D eigenvalue weighted by Crippen LogP contribution is 2.28. The first kappa shape index (κ1) is 17.7. The lowest BCUT2D eigenvalue weighted by Crippen LogP contribution is -2.40. The molecule has 1 saturated heterocycles. The number of carbonyl (C=O) groups excluding carboxylic acids is 3. The van der Waals surface area contributed by atoms with Crippen molar-refractivity contribution in [2.24, 2.45) is 5.92 Å². The van der Waals surface area contributed by atoms with E-state index in [9.17, 15) is 14.4 Å². The Morgan fingerprint density at radius 3 is 2.96 bits per heavy atom. The molecule has 1 fully saturated rings. The number of anilines is 2. The second kappa shape index (κ2) is 7.48. The van der Waals surface area contributed by atoms with Gasteiger partial charge < -0.3 is 15.5 Å². The first-order chi connectivity index (χ1) is 13.1. The van der Waals surface area contributed by atoms with Gasteiger partial charge in [0.15, 0.2) is 5.13 Å². The van der Waals surface area contributed by atoms with Gasteiger partial charge in [-0.3, -0.25) is 14.4 Å². The number of rotatable bonds is 4. The topological polar surface area (TPSA) is 91.4 Å². The minimum absolute atomic E-state index is 0.0121. The van der Waals surface area contributed by atoms with Gasteiger partial charge in [0.05, 0.1) is 18.0 Å². The molecule has 0 aliphatic carbocycles. The number of thiazole rings is 1. The zero-order valence-corrected chi connectivity index (χ0v) is 15.6. The van der Waals surface area contributed by atoms with E-state index in [1.165, 1.54) is 16.9 Å². The Balaban J connectivity index is 1.35. The summed E-state index contributed by atoms with van der Waals surface area (Å²) in [5.41, 5.74) is 2.82. The van der Waals surface area contributed by atoms with Crippen molar-refractivity contribution in [1.29, 1.82) is 0 Å². The molecule has 2 N–H and O–H groups in total. The number of aromatic nitrogens is 1. The van der Waals surface area contributed by atoms with Crippen LogP contribution in [0.25, 0.3) is 0 Å². The third-order valence-corrected chi connectivity index (χ3v) is 5.75. The summed E-state index contributed by atoms with van der Waals surface area (Å²) in [6.07, 6.45) is 1.99. The monoisotopic (exact) mass is 384 g/mol. The largest absolute Gasteiger partial charge is 0.355 e. The molecular weight excluding hydrogens is 364 g/mol. The van der Waals surface area contributed by atoms with Crippen LogP contribution in [-0.4, -0.2) is 35.8 Å². The van der Waals surface area contributed by atoms with Gasteiger partial charge in [-0.05, 0) is 24.5 Å². The number of amides is 3. The van der Waals surface area contributed by atoms with E-state index >= 15 is 0 Å². The average Bonchev–Trinajstić information content (AvgIpc) is 3.29. The maximum absolute atomic E-state index is 12.7. The van der Waals surface area contributed by atoms with Gasteiger partial charge in [-0.15, -0.1) is 11.3 Å². The Bertz CT molecular complexity index is 885. The van der Waals surface area contributed by atoms with Crippen molar-refractivity contribution in [3.63, 3.8) is 0 Å². The molecule has 1 aromatic carbocycles. The number of para-hydroxylation sites is 1. The Morgan fingerprint density at radius 2 is 2.15 bits per heavy atom. The molecule has 3 amide bonds. The molecule has 0 radical (unpaired) electrons.